The minimum atomic E-state index is -2.96. The van der Waals surface area contributed by atoms with Crippen LogP contribution in [0.5, 0.6) is 0 Å². The number of aryl methyl sites for hydroxylation is 2. The van der Waals surface area contributed by atoms with E-state index in [4.69, 9.17) is 4.42 Å². The molecule has 1 heterocycles. The molecule has 1 aromatic heterocycles. The summed E-state index contributed by atoms with van der Waals surface area (Å²) in [5, 5.41) is 0. The van der Waals surface area contributed by atoms with Gasteiger partial charge in [0.05, 0.1) is 18.0 Å². The van der Waals surface area contributed by atoms with E-state index in [1.54, 1.807) is 6.92 Å². The topological polar surface area (TPSA) is 63.4 Å². The van der Waals surface area contributed by atoms with Crippen LogP contribution in [-0.2, 0) is 16.4 Å². The molecule has 0 bridgehead atoms. The lowest BCUT2D eigenvalue weighted by atomic mass is 10.3. The predicted molar refractivity (Wildman–Crippen MR) is 75.9 cm³/mol. The third-order valence-electron chi connectivity index (χ3n) is 3.38. The molecule has 110 valence electrons. The van der Waals surface area contributed by atoms with Gasteiger partial charge in [0.15, 0.2) is 9.84 Å². The molecule has 0 fully saturated rings. The van der Waals surface area contributed by atoms with Gasteiger partial charge in [-0.1, -0.05) is 13.8 Å². The Morgan fingerprint density at radius 3 is 2.37 bits per heavy atom. The van der Waals surface area contributed by atoms with Gasteiger partial charge in [-0.3, -0.25) is 4.90 Å². The fourth-order valence-corrected chi connectivity index (χ4v) is 3.13. The SMILES string of the molecule is CCN(Cc1nc(C)c(C)o1)[C@H](C)CS(=O)(=O)CC. The molecule has 0 radical (unpaired) electrons. The molecule has 6 heteroatoms. The summed E-state index contributed by atoms with van der Waals surface area (Å²) >= 11 is 0. The van der Waals surface area contributed by atoms with Crippen molar-refractivity contribution in [2.24, 2.45) is 0 Å². The fourth-order valence-electron chi connectivity index (χ4n) is 1.95. The second-order valence-corrected chi connectivity index (χ2v) is 7.26. The number of nitrogens with zero attached hydrogens (tertiary/aromatic N) is 2. The first kappa shape index (κ1) is 16.2. The highest BCUT2D eigenvalue weighted by Crippen LogP contribution is 2.13. The van der Waals surface area contributed by atoms with Crippen LogP contribution in [0.25, 0.3) is 0 Å². The van der Waals surface area contributed by atoms with Gasteiger partial charge in [-0.2, -0.15) is 0 Å². The van der Waals surface area contributed by atoms with Crippen LogP contribution in [0.15, 0.2) is 4.42 Å². The molecule has 1 rings (SSSR count). The van der Waals surface area contributed by atoms with E-state index in [1.165, 1.54) is 0 Å². The van der Waals surface area contributed by atoms with Crippen molar-refractivity contribution in [2.75, 3.05) is 18.1 Å². The Labute approximate surface area is 115 Å². The van der Waals surface area contributed by atoms with Crippen LogP contribution >= 0.6 is 0 Å². The summed E-state index contributed by atoms with van der Waals surface area (Å²) < 4.78 is 28.9. The molecule has 0 aliphatic carbocycles. The van der Waals surface area contributed by atoms with Gasteiger partial charge in [-0.25, -0.2) is 13.4 Å². The van der Waals surface area contributed by atoms with Gasteiger partial charge in [-0.05, 0) is 27.3 Å². The molecule has 0 saturated carbocycles. The summed E-state index contributed by atoms with van der Waals surface area (Å²) in [4.78, 5) is 6.41. The zero-order valence-electron chi connectivity index (χ0n) is 12.4. The third-order valence-corrected chi connectivity index (χ3v) is 5.25. The van der Waals surface area contributed by atoms with Gasteiger partial charge in [0, 0.05) is 11.8 Å². The maximum absolute atomic E-state index is 11.7. The van der Waals surface area contributed by atoms with Gasteiger partial charge in [0.25, 0.3) is 0 Å². The van der Waals surface area contributed by atoms with Gasteiger partial charge in [0.1, 0.15) is 5.76 Å². The van der Waals surface area contributed by atoms with Crippen molar-refractivity contribution >= 4 is 9.84 Å². The summed E-state index contributed by atoms with van der Waals surface area (Å²) in [6.07, 6.45) is 0. The van der Waals surface area contributed by atoms with E-state index in [9.17, 15) is 8.42 Å². The van der Waals surface area contributed by atoms with E-state index < -0.39 is 9.84 Å². The van der Waals surface area contributed by atoms with Crippen LogP contribution < -0.4 is 0 Å². The minimum absolute atomic E-state index is 0.0394. The molecule has 1 atom stereocenters. The molecular formula is C13H24N2O3S. The number of hydrogen-bond acceptors (Lipinski definition) is 5. The van der Waals surface area contributed by atoms with E-state index in [1.807, 2.05) is 27.7 Å². The van der Waals surface area contributed by atoms with Crippen molar-refractivity contribution in [3.63, 3.8) is 0 Å². The highest BCUT2D eigenvalue weighted by molar-refractivity contribution is 7.91. The second kappa shape index (κ2) is 6.52. The van der Waals surface area contributed by atoms with Gasteiger partial charge >= 0.3 is 0 Å². The summed E-state index contributed by atoms with van der Waals surface area (Å²) in [6, 6.07) is -0.0394. The Hall–Kier alpha value is -0.880. The van der Waals surface area contributed by atoms with Crippen molar-refractivity contribution in [3.8, 4) is 0 Å². The number of sulfone groups is 1. The van der Waals surface area contributed by atoms with Crippen molar-refractivity contribution < 1.29 is 12.8 Å². The lowest BCUT2D eigenvalue weighted by Gasteiger charge is -2.26. The van der Waals surface area contributed by atoms with E-state index >= 15 is 0 Å². The normalized spacial score (nSPS) is 14.0. The molecule has 0 aromatic carbocycles. The number of rotatable bonds is 7. The van der Waals surface area contributed by atoms with E-state index in [2.05, 4.69) is 9.88 Å². The molecule has 0 aliphatic heterocycles. The molecular weight excluding hydrogens is 264 g/mol. The van der Waals surface area contributed by atoms with Gasteiger partial charge < -0.3 is 4.42 Å². The Balaban J connectivity index is 2.72. The maximum atomic E-state index is 11.7. The van der Waals surface area contributed by atoms with Gasteiger partial charge in [0.2, 0.25) is 5.89 Å². The zero-order valence-corrected chi connectivity index (χ0v) is 13.2. The average Bonchev–Trinajstić information content (AvgIpc) is 2.65. The molecule has 0 amide bonds. The van der Waals surface area contributed by atoms with Crippen molar-refractivity contribution in [1.82, 2.24) is 9.88 Å². The zero-order chi connectivity index (χ0) is 14.6. The number of hydrogen-bond donors (Lipinski definition) is 0. The Bertz CT molecular complexity index is 488. The Morgan fingerprint density at radius 1 is 1.32 bits per heavy atom. The van der Waals surface area contributed by atoms with Crippen LogP contribution in [0.4, 0.5) is 0 Å². The van der Waals surface area contributed by atoms with Gasteiger partial charge in [-0.15, -0.1) is 0 Å². The van der Waals surface area contributed by atoms with E-state index in [-0.39, 0.29) is 17.5 Å². The molecule has 5 nitrogen and oxygen atoms in total. The standard InChI is InChI=1S/C13H24N2O3S/c1-6-15(10(3)9-19(16,17)7-2)8-13-14-11(4)12(5)18-13/h10H,6-9H2,1-5H3/t10-/m1/s1. The monoisotopic (exact) mass is 288 g/mol. The second-order valence-electron chi connectivity index (χ2n) is 4.86. The van der Waals surface area contributed by atoms with E-state index in [0.717, 1.165) is 18.0 Å². The number of oxazole rings is 1. The highest BCUT2D eigenvalue weighted by Gasteiger charge is 2.21. The fraction of sp³-hybridized carbons (Fsp3) is 0.769. The Morgan fingerprint density at radius 2 is 1.95 bits per heavy atom. The maximum Gasteiger partial charge on any atom is 0.208 e. The lowest BCUT2D eigenvalue weighted by molar-refractivity contribution is 0.203. The Kier molecular flexibility index (Phi) is 5.55. The molecule has 0 saturated heterocycles. The smallest absolute Gasteiger partial charge is 0.208 e. The quantitative estimate of drug-likeness (QED) is 0.767. The highest BCUT2D eigenvalue weighted by atomic mass is 32.2. The molecule has 19 heavy (non-hydrogen) atoms. The van der Waals surface area contributed by atoms with Crippen molar-refractivity contribution in [3.05, 3.63) is 17.3 Å². The molecule has 0 unspecified atom stereocenters. The molecule has 0 aliphatic rings. The molecule has 0 N–H and O–H groups in total. The first-order chi connectivity index (χ1) is 8.79. The molecule has 1 aromatic rings. The molecule has 0 spiro atoms. The van der Waals surface area contributed by atoms with Crippen molar-refractivity contribution in [2.45, 2.75) is 47.2 Å². The summed E-state index contributed by atoms with van der Waals surface area (Å²) in [5.41, 5.74) is 0.889. The van der Waals surface area contributed by atoms with Crippen LogP contribution in [-0.4, -0.2) is 42.4 Å². The third kappa shape index (κ3) is 4.62. The average molecular weight is 288 g/mol. The van der Waals surface area contributed by atoms with Crippen LogP contribution in [0.3, 0.4) is 0 Å². The summed E-state index contributed by atoms with van der Waals surface area (Å²) in [6.45, 7) is 10.7. The van der Waals surface area contributed by atoms with E-state index in [0.29, 0.717) is 12.4 Å². The van der Waals surface area contributed by atoms with Crippen LogP contribution in [0, 0.1) is 13.8 Å². The summed E-state index contributed by atoms with van der Waals surface area (Å²) in [5.74, 6) is 1.83. The first-order valence-corrected chi connectivity index (χ1v) is 8.48. The largest absolute Gasteiger partial charge is 0.444 e. The lowest BCUT2D eigenvalue weighted by Crippen LogP contribution is -2.38. The first-order valence-electron chi connectivity index (χ1n) is 6.66. The summed E-state index contributed by atoms with van der Waals surface area (Å²) in [7, 11) is -2.96. The van der Waals surface area contributed by atoms with Crippen LogP contribution in [0.1, 0.15) is 38.1 Å². The minimum Gasteiger partial charge on any atom is -0.444 e. The van der Waals surface area contributed by atoms with Crippen LogP contribution in [0.2, 0.25) is 0 Å². The predicted octanol–water partition coefficient (Wildman–Crippen LogP) is 1.94. The van der Waals surface area contributed by atoms with Crippen molar-refractivity contribution in [1.29, 1.82) is 0 Å². The number of aromatic nitrogens is 1.